The number of rotatable bonds is 4. The summed E-state index contributed by atoms with van der Waals surface area (Å²) in [6.45, 7) is 2.45. The Labute approximate surface area is 93.7 Å². The van der Waals surface area contributed by atoms with Crippen molar-refractivity contribution in [3.8, 4) is 11.5 Å². The molecule has 1 aromatic carbocycles. The lowest BCUT2D eigenvalue weighted by Gasteiger charge is -2.12. The van der Waals surface area contributed by atoms with E-state index in [-0.39, 0.29) is 0 Å². The highest BCUT2D eigenvalue weighted by Gasteiger charge is 2.10. The topological polar surface area (TPSA) is 18.5 Å². The van der Waals surface area contributed by atoms with E-state index in [4.69, 9.17) is 32.7 Å². The fourth-order valence-electron chi connectivity index (χ4n) is 1.13. The van der Waals surface area contributed by atoms with E-state index >= 15 is 0 Å². The SMILES string of the molecule is CCOc1c(Cl)cc(CCl)cc1OC. The Kier molecular flexibility index (Phi) is 4.36. The molecule has 1 aromatic rings. The molecule has 2 nitrogen and oxygen atoms in total. The van der Waals surface area contributed by atoms with E-state index in [0.717, 1.165) is 5.56 Å². The first-order valence-electron chi connectivity index (χ1n) is 4.28. The molecule has 0 bridgehead atoms. The minimum atomic E-state index is 0.405. The first kappa shape index (κ1) is 11.5. The normalized spacial score (nSPS) is 10.0. The summed E-state index contributed by atoms with van der Waals surface area (Å²) in [5, 5.41) is 0.529. The van der Waals surface area contributed by atoms with Gasteiger partial charge in [-0.05, 0) is 24.6 Å². The van der Waals surface area contributed by atoms with Crippen LogP contribution in [0.2, 0.25) is 5.02 Å². The summed E-state index contributed by atoms with van der Waals surface area (Å²) in [6.07, 6.45) is 0. The lowest BCUT2D eigenvalue weighted by atomic mass is 10.2. The van der Waals surface area contributed by atoms with Crippen molar-refractivity contribution in [1.29, 1.82) is 0 Å². The van der Waals surface area contributed by atoms with Crippen LogP contribution >= 0.6 is 23.2 Å². The van der Waals surface area contributed by atoms with Gasteiger partial charge in [0.05, 0.1) is 18.7 Å². The van der Waals surface area contributed by atoms with E-state index in [2.05, 4.69) is 0 Å². The molecule has 0 aliphatic heterocycles. The van der Waals surface area contributed by atoms with Crippen molar-refractivity contribution in [2.45, 2.75) is 12.8 Å². The summed E-state index contributed by atoms with van der Waals surface area (Å²) in [4.78, 5) is 0. The molecule has 0 amide bonds. The Hall–Kier alpha value is -0.600. The average molecular weight is 235 g/mol. The van der Waals surface area contributed by atoms with Gasteiger partial charge in [0.1, 0.15) is 0 Å². The first-order valence-corrected chi connectivity index (χ1v) is 5.19. The summed E-state index contributed by atoms with van der Waals surface area (Å²) in [5.74, 6) is 1.60. The third-order valence-corrected chi connectivity index (χ3v) is 2.32. The van der Waals surface area contributed by atoms with Crippen LogP contribution in [0.15, 0.2) is 12.1 Å². The molecule has 0 N–H and O–H groups in total. The van der Waals surface area contributed by atoms with Crippen LogP contribution in [-0.4, -0.2) is 13.7 Å². The maximum absolute atomic E-state index is 6.01. The van der Waals surface area contributed by atoms with Crippen LogP contribution in [0.1, 0.15) is 12.5 Å². The molecule has 0 aromatic heterocycles. The standard InChI is InChI=1S/C10H12Cl2O2/c1-3-14-10-8(12)4-7(6-11)5-9(10)13-2/h4-5H,3,6H2,1-2H3. The van der Waals surface area contributed by atoms with Gasteiger partial charge < -0.3 is 9.47 Å². The van der Waals surface area contributed by atoms with Gasteiger partial charge in [-0.25, -0.2) is 0 Å². The zero-order valence-electron chi connectivity index (χ0n) is 8.14. The quantitative estimate of drug-likeness (QED) is 0.743. The molecule has 14 heavy (non-hydrogen) atoms. The second-order valence-electron chi connectivity index (χ2n) is 2.68. The lowest BCUT2D eigenvalue weighted by molar-refractivity contribution is 0.311. The molecular formula is C10H12Cl2O2. The highest BCUT2D eigenvalue weighted by atomic mass is 35.5. The van der Waals surface area contributed by atoms with E-state index in [1.807, 2.05) is 13.0 Å². The van der Waals surface area contributed by atoms with E-state index in [9.17, 15) is 0 Å². The van der Waals surface area contributed by atoms with Gasteiger partial charge in [-0.15, -0.1) is 11.6 Å². The predicted molar refractivity (Wildman–Crippen MR) is 58.7 cm³/mol. The highest BCUT2D eigenvalue weighted by Crippen LogP contribution is 2.36. The van der Waals surface area contributed by atoms with Crippen LogP contribution in [-0.2, 0) is 5.88 Å². The summed E-state index contributed by atoms with van der Waals surface area (Å²) in [5.41, 5.74) is 0.914. The number of hydrogen-bond acceptors (Lipinski definition) is 2. The van der Waals surface area contributed by atoms with Crippen LogP contribution in [0.3, 0.4) is 0 Å². The monoisotopic (exact) mass is 234 g/mol. The summed E-state index contributed by atoms with van der Waals surface area (Å²) >= 11 is 11.7. The molecule has 4 heteroatoms. The fraction of sp³-hybridized carbons (Fsp3) is 0.400. The second-order valence-corrected chi connectivity index (χ2v) is 3.35. The molecule has 0 unspecified atom stereocenters. The van der Waals surface area contributed by atoms with Gasteiger partial charge in [-0.2, -0.15) is 0 Å². The highest BCUT2D eigenvalue weighted by molar-refractivity contribution is 6.32. The zero-order chi connectivity index (χ0) is 10.6. The molecule has 0 saturated carbocycles. The molecule has 0 saturated heterocycles. The minimum Gasteiger partial charge on any atom is -0.493 e. The zero-order valence-corrected chi connectivity index (χ0v) is 9.65. The van der Waals surface area contributed by atoms with Gasteiger partial charge in [0.2, 0.25) is 0 Å². The molecule has 0 aliphatic carbocycles. The third kappa shape index (κ3) is 2.46. The molecular weight excluding hydrogens is 223 g/mol. The van der Waals surface area contributed by atoms with E-state index in [1.54, 1.807) is 13.2 Å². The maximum Gasteiger partial charge on any atom is 0.179 e. The third-order valence-electron chi connectivity index (χ3n) is 1.73. The Morgan fingerprint density at radius 3 is 2.57 bits per heavy atom. The first-order chi connectivity index (χ1) is 6.72. The average Bonchev–Trinajstić information content (AvgIpc) is 2.20. The predicted octanol–water partition coefficient (Wildman–Crippen LogP) is 3.49. The van der Waals surface area contributed by atoms with Gasteiger partial charge in [0.15, 0.2) is 11.5 Å². The largest absolute Gasteiger partial charge is 0.493 e. The van der Waals surface area contributed by atoms with Crippen LogP contribution in [0, 0.1) is 0 Å². The molecule has 0 spiro atoms. The molecule has 0 radical (unpaired) electrons. The van der Waals surface area contributed by atoms with Crippen molar-refractivity contribution in [3.05, 3.63) is 22.7 Å². The lowest BCUT2D eigenvalue weighted by Crippen LogP contribution is -1.97. The van der Waals surface area contributed by atoms with E-state index in [0.29, 0.717) is 29.0 Å². The molecule has 0 aliphatic rings. The number of hydrogen-bond donors (Lipinski definition) is 0. The van der Waals surface area contributed by atoms with Crippen molar-refractivity contribution < 1.29 is 9.47 Å². The van der Waals surface area contributed by atoms with Gasteiger partial charge >= 0.3 is 0 Å². The van der Waals surface area contributed by atoms with Gasteiger partial charge in [0.25, 0.3) is 0 Å². The Morgan fingerprint density at radius 2 is 2.07 bits per heavy atom. The number of halogens is 2. The van der Waals surface area contributed by atoms with E-state index < -0.39 is 0 Å². The van der Waals surface area contributed by atoms with Crippen molar-refractivity contribution >= 4 is 23.2 Å². The fourth-order valence-corrected chi connectivity index (χ4v) is 1.58. The minimum absolute atomic E-state index is 0.405. The number of ether oxygens (including phenoxy) is 2. The smallest absolute Gasteiger partial charge is 0.179 e. The Morgan fingerprint density at radius 1 is 1.36 bits per heavy atom. The Balaban J connectivity index is 3.13. The van der Waals surface area contributed by atoms with Gasteiger partial charge in [0, 0.05) is 5.88 Å². The van der Waals surface area contributed by atoms with Crippen LogP contribution in [0.25, 0.3) is 0 Å². The van der Waals surface area contributed by atoms with Gasteiger partial charge in [-0.3, -0.25) is 0 Å². The molecule has 78 valence electrons. The Bertz CT molecular complexity index is 313. The number of benzene rings is 1. The summed E-state index contributed by atoms with van der Waals surface area (Å²) < 4.78 is 10.5. The van der Waals surface area contributed by atoms with Crippen LogP contribution in [0.5, 0.6) is 11.5 Å². The van der Waals surface area contributed by atoms with E-state index in [1.165, 1.54) is 0 Å². The van der Waals surface area contributed by atoms with Crippen LogP contribution in [0.4, 0.5) is 0 Å². The van der Waals surface area contributed by atoms with Crippen LogP contribution < -0.4 is 9.47 Å². The van der Waals surface area contributed by atoms with Crippen molar-refractivity contribution in [1.82, 2.24) is 0 Å². The molecule has 0 atom stereocenters. The number of methoxy groups -OCH3 is 1. The van der Waals surface area contributed by atoms with Crippen molar-refractivity contribution in [3.63, 3.8) is 0 Å². The van der Waals surface area contributed by atoms with Gasteiger partial charge in [-0.1, -0.05) is 11.6 Å². The second kappa shape index (κ2) is 5.32. The van der Waals surface area contributed by atoms with Crippen molar-refractivity contribution in [2.75, 3.05) is 13.7 Å². The number of alkyl halides is 1. The van der Waals surface area contributed by atoms with Crippen molar-refractivity contribution in [2.24, 2.45) is 0 Å². The maximum atomic E-state index is 6.01. The molecule has 0 heterocycles. The summed E-state index contributed by atoms with van der Waals surface area (Å²) in [6, 6.07) is 3.60. The summed E-state index contributed by atoms with van der Waals surface area (Å²) in [7, 11) is 1.58. The molecule has 1 rings (SSSR count). The molecule has 0 fully saturated rings.